The number of para-hydroxylation sites is 1. The zero-order chi connectivity index (χ0) is 24.1. The Morgan fingerprint density at radius 1 is 1.00 bits per heavy atom. The van der Waals surface area contributed by atoms with Crippen LogP contribution in [0.1, 0.15) is 56.6 Å². The number of rotatable bonds is 6. The Balaban J connectivity index is 1.34. The molecule has 5 rings (SSSR count). The second-order valence-electron chi connectivity index (χ2n) is 9.56. The first-order valence-corrected chi connectivity index (χ1v) is 12.6. The Bertz CT molecular complexity index is 1170. The van der Waals surface area contributed by atoms with Crippen molar-refractivity contribution >= 4 is 23.5 Å². The third kappa shape index (κ3) is 5.09. The minimum Gasteiger partial charge on any atom is -0.491 e. The SMILES string of the molecule is CC(=O)NC1(c2ccc(OCC3C=Cc4ccccc4N3c3ccccn3)cc2)CCCCCC1. The number of ether oxygens (including phenoxy) is 1. The summed E-state index contributed by atoms with van der Waals surface area (Å²) in [4.78, 5) is 18.9. The van der Waals surface area contributed by atoms with Gasteiger partial charge in [0.2, 0.25) is 5.91 Å². The summed E-state index contributed by atoms with van der Waals surface area (Å²) in [6.45, 7) is 2.12. The van der Waals surface area contributed by atoms with E-state index in [0.29, 0.717) is 6.61 Å². The second-order valence-corrected chi connectivity index (χ2v) is 9.56. The van der Waals surface area contributed by atoms with Gasteiger partial charge in [0.1, 0.15) is 18.2 Å². The average molecular weight is 468 g/mol. The van der Waals surface area contributed by atoms with Crippen LogP contribution in [0.4, 0.5) is 11.5 Å². The Morgan fingerprint density at radius 2 is 1.74 bits per heavy atom. The van der Waals surface area contributed by atoms with Crippen molar-refractivity contribution in [2.24, 2.45) is 0 Å². The van der Waals surface area contributed by atoms with Crippen LogP contribution in [0.3, 0.4) is 0 Å². The molecular formula is C30H33N3O2. The summed E-state index contributed by atoms with van der Waals surface area (Å²) in [5, 5.41) is 3.29. The van der Waals surface area contributed by atoms with Crippen molar-refractivity contribution in [3.05, 3.63) is 90.1 Å². The van der Waals surface area contributed by atoms with Crippen LogP contribution in [0.5, 0.6) is 5.75 Å². The van der Waals surface area contributed by atoms with Crippen LogP contribution in [0, 0.1) is 0 Å². The quantitative estimate of drug-likeness (QED) is 0.428. The first-order chi connectivity index (χ1) is 17.1. The van der Waals surface area contributed by atoms with Gasteiger partial charge in [0, 0.05) is 13.1 Å². The van der Waals surface area contributed by atoms with E-state index in [4.69, 9.17) is 4.74 Å². The monoisotopic (exact) mass is 467 g/mol. The molecule has 2 heterocycles. The van der Waals surface area contributed by atoms with Gasteiger partial charge in [0.25, 0.3) is 0 Å². The van der Waals surface area contributed by atoms with E-state index in [-0.39, 0.29) is 17.5 Å². The number of anilines is 2. The zero-order valence-electron chi connectivity index (χ0n) is 20.3. The minimum atomic E-state index is -0.271. The molecule has 1 fully saturated rings. The van der Waals surface area contributed by atoms with E-state index in [0.717, 1.165) is 42.9 Å². The topological polar surface area (TPSA) is 54.5 Å². The van der Waals surface area contributed by atoms with Gasteiger partial charge in [-0.15, -0.1) is 0 Å². The summed E-state index contributed by atoms with van der Waals surface area (Å²) >= 11 is 0. The molecule has 5 nitrogen and oxygen atoms in total. The number of amides is 1. The normalized spacial score (nSPS) is 18.9. The van der Waals surface area contributed by atoms with Gasteiger partial charge in [0.05, 0.1) is 17.3 Å². The predicted octanol–water partition coefficient (Wildman–Crippen LogP) is 6.38. The number of nitrogens with zero attached hydrogens (tertiary/aromatic N) is 2. The highest BCUT2D eigenvalue weighted by molar-refractivity contribution is 5.77. The first kappa shape index (κ1) is 23.2. The lowest BCUT2D eigenvalue weighted by Gasteiger charge is -2.35. The first-order valence-electron chi connectivity index (χ1n) is 12.6. The van der Waals surface area contributed by atoms with E-state index in [2.05, 4.69) is 63.8 Å². The van der Waals surface area contributed by atoms with E-state index in [1.807, 2.05) is 36.5 Å². The Morgan fingerprint density at radius 3 is 2.46 bits per heavy atom. The number of hydrogen-bond acceptors (Lipinski definition) is 4. The van der Waals surface area contributed by atoms with E-state index in [1.165, 1.54) is 24.0 Å². The van der Waals surface area contributed by atoms with Gasteiger partial charge in [-0.05, 0) is 54.3 Å². The van der Waals surface area contributed by atoms with Crippen LogP contribution in [-0.4, -0.2) is 23.5 Å². The molecule has 1 amide bonds. The maximum Gasteiger partial charge on any atom is 0.217 e. The maximum atomic E-state index is 12.0. The maximum absolute atomic E-state index is 12.0. The van der Waals surface area contributed by atoms with Gasteiger partial charge in [-0.3, -0.25) is 4.79 Å². The van der Waals surface area contributed by atoms with Gasteiger partial charge < -0.3 is 15.0 Å². The van der Waals surface area contributed by atoms with Crippen molar-refractivity contribution in [1.82, 2.24) is 10.3 Å². The minimum absolute atomic E-state index is 0.0204. The number of hydrogen-bond donors (Lipinski definition) is 1. The highest BCUT2D eigenvalue weighted by Crippen LogP contribution is 2.37. The molecule has 35 heavy (non-hydrogen) atoms. The van der Waals surface area contributed by atoms with Crippen molar-refractivity contribution in [3.63, 3.8) is 0 Å². The van der Waals surface area contributed by atoms with Crippen molar-refractivity contribution in [2.45, 2.75) is 57.0 Å². The van der Waals surface area contributed by atoms with E-state index >= 15 is 0 Å². The van der Waals surface area contributed by atoms with Gasteiger partial charge >= 0.3 is 0 Å². The molecule has 180 valence electrons. The summed E-state index contributed by atoms with van der Waals surface area (Å²) in [6, 6.07) is 22.7. The number of fused-ring (bicyclic) bond motifs is 1. The Hall–Kier alpha value is -3.60. The molecule has 1 aliphatic carbocycles. The molecule has 5 heteroatoms. The lowest BCUT2D eigenvalue weighted by molar-refractivity contribution is -0.121. The fourth-order valence-corrected chi connectivity index (χ4v) is 5.45. The molecule has 1 atom stereocenters. The van der Waals surface area contributed by atoms with Crippen LogP contribution < -0.4 is 15.0 Å². The standard InChI is InChI=1S/C30H33N3O2/c1-23(34)32-30(19-7-2-3-8-20-30)25-14-17-27(18-15-25)35-22-26-16-13-24-10-4-5-11-28(24)33(26)29-12-6-9-21-31-29/h4-6,9-18,21,26H,2-3,7-8,19-20,22H2,1H3,(H,32,34). The molecule has 3 aromatic rings. The number of carbonyl (C=O) groups is 1. The van der Waals surface area contributed by atoms with E-state index in [9.17, 15) is 4.79 Å². The fourth-order valence-electron chi connectivity index (χ4n) is 5.45. The van der Waals surface area contributed by atoms with Gasteiger partial charge in [-0.25, -0.2) is 4.98 Å². The molecule has 1 aliphatic heterocycles. The molecule has 2 aromatic carbocycles. The van der Waals surface area contributed by atoms with Crippen molar-refractivity contribution in [1.29, 1.82) is 0 Å². The smallest absolute Gasteiger partial charge is 0.217 e. The highest BCUT2D eigenvalue weighted by atomic mass is 16.5. The molecule has 0 spiro atoms. The summed E-state index contributed by atoms with van der Waals surface area (Å²) < 4.78 is 6.29. The average Bonchev–Trinajstić information content (AvgIpc) is 3.13. The second kappa shape index (κ2) is 10.3. The van der Waals surface area contributed by atoms with Crippen LogP contribution in [-0.2, 0) is 10.3 Å². The van der Waals surface area contributed by atoms with E-state index < -0.39 is 0 Å². The molecule has 0 saturated heterocycles. The molecular weight excluding hydrogens is 434 g/mol. The summed E-state index contributed by atoms with van der Waals surface area (Å²) in [5.74, 6) is 1.76. The molecule has 0 bridgehead atoms. The molecule has 1 N–H and O–H groups in total. The largest absolute Gasteiger partial charge is 0.491 e. The predicted molar refractivity (Wildman–Crippen MR) is 141 cm³/mol. The number of benzene rings is 2. The van der Waals surface area contributed by atoms with E-state index in [1.54, 1.807) is 6.92 Å². The highest BCUT2D eigenvalue weighted by Gasteiger charge is 2.33. The van der Waals surface area contributed by atoms with Gasteiger partial charge in [-0.2, -0.15) is 0 Å². The van der Waals surface area contributed by atoms with Crippen molar-refractivity contribution in [3.8, 4) is 5.75 Å². The van der Waals surface area contributed by atoms with Crippen molar-refractivity contribution in [2.75, 3.05) is 11.5 Å². The zero-order valence-corrected chi connectivity index (χ0v) is 20.3. The lowest BCUT2D eigenvalue weighted by atomic mass is 9.82. The third-order valence-corrected chi connectivity index (χ3v) is 7.12. The third-order valence-electron chi connectivity index (χ3n) is 7.12. The molecule has 0 radical (unpaired) electrons. The van der Waals surface area contributed by atoms with Gasteiger partial charge in [0.15, 0.2) is 0 Å². The van der Waals surface area contributed by atoms with Crippen LogP contribution in [0.25, 0.3) is 6.08 Å². The number of carbonyl (C=O) groups excluding carboxylic acids is 1. The number of pyridine rings is 1. The van der Waals surface area contributed by atoms with Gasteiger partial charge in [-0.1, -0.05) is 74.2 Å². The van der Waals surface area contributed by atoms with Crippen LogP contribution in [0.15, 0.2) is 79.0 Å². The summed E-state index contributed by atoms with van der Waals surface area (Å²) in [6.07, 6.45) is 12.9. The van der Waals surface area contributed by atoms with Crippen LogP contribution in [0.2, 0.25) is 0 Å². The van der Waals surface area contributed by atoms with Crippen LogP contribution >= 0.6 is 0 Å². The number of aromatic nitrogens is 1. The molecule has 1 unspecified atom stereocenters. The fraction of sp³-hybridized carbons (Fsp3) is 0.333. The summed E-state index contributed by atoms with van der Waals surface area (Å²) in [7, 11) is 0. The lowest BCUT2D eigenvalue weighted by Crippen LogP contribution is -2.44. The number of nitrogens with one attached hydrogen (secondary N) is 1. The molecule has 2 aliphatic rings. The summed E-state index contributed by atoms with van der Waals surface area (Å²) in [5.41, 5.74) is 3.20. The molecule has 1 saturated carbocycles. The Labute approximate surface area is 207 Å². The Kier molecular flexibility index (Phi) is 6.84. The van der Waals surface area contributed by atoms with Crippen molar-refractivity contribution < 1.29 is 9.53 Å². The molecule has 1 aromatic heterocycles.